The number of hydrogen-bond donors (Lipinski definition) is 5. The second-order valence-electron chi connectivity index (χ2n) is 5.65. The fourth-order valence-electron chi connectivity index (χ4n) is 2.36. The van der Waals surface area contributed by atoms with E-state index in [1.165, 1.54) is 0 Å². The molecule has 1 rings (SSSR count). The molecule has 7 atom stereocenters. The lowest BCUT2D eigenvalue weighted by atomic mass is 9.99. The molecule has 1 saturated heterocycles. The van der Waals surface area contributed by atoms with Gasteiger partial charge < -0.3 is 35.0 Å². The molecule has 0 amide bonds. The average molecular weight is 320 g/mol. The molecule has 0 radical (unpaired) electrons. The molecule has 0 aromatic heterocycles. The van der Waals surface area contributed by atoms with Gasteiger partial charge in [0, 0.05) is 0 Å². The van der Waals surface area contributed by atoms with Crippen LogP contribution in [0.15, 0.2) is 12.2 Å². The number of ether oxygens (including phenoxy) is 2. The minimum absolute atomic E-state index is 0.336. The van der Waals surface area contributed by atoms with Crippen LogP contribution in [0.2, 0.25) is 0 Å². The van der Waals surface area contributed by atoms with E-state index in [2.05, 4.69) is 0 Å². The van der Waals surface area contributed by atoms with Gasteiger partial charge in [0.25, 0.3) is 0 Å². The van der Waals surface area contributed by atoms with E-state index < -0.39 is 49.5 Å². The molecule has 1 aliphatic heterocycles. The van der Waals surface area contributed by atoms with Crippen molar-refractivity contribution in [2.75, 3.05) is 6.61 Å². The Labute approximate surface area is 130 Å². The summed E-state index contributed by atoms with van der Waals surface area (Å²) in [6.07, 6.45) is -1.83. The minimum Gasteiger partial charge on any atom is -0.394 e. The van der Waals surface area contributed by atoms with Crippen molar-refractivity contribution in [1.29, 1.82) is 0 Å². The maximum absolute atomic E-state index is 9.87. The third kappa shape index (κ3) is 5.58. The number of allylic oxidation sites excluding steroid dienone is 1. The number of hydrogen-bond acceptors (Lipinski definition) is 7. The molecule has 0 bridgehead atoms. The molecule has 1 heterocycles. The molecule has 22 heavy (non-hydrogen) atoms. The summed E-state index contributed by atoms with van der Waals surface area (Å²) < 4.78 is 10.7. The van der Waals surface area contributed by atoms with Crippen LogP contribution in [0.25, 0.3) is 0 Å². The van der Waals surface area contributed by atoms with Crippen LogP contribution in [0.1, 0.15) is 33.1 Å². The van der Waals surface area contributed by atoms with Crippen LogP contribution in [-0.4, -0.2) is 75.1 Å². The summed E-state index contributed by atoms with van der Waals surface area (Å²) >= 11 is 0. The first-order valence-corrected chi connectivity index (χ1v) is 7.69. The van der Waals surface area contributed by atoms with Gasteiger partial charge in [0.2, 0.25) is 0 Å². The average Bonchev–Trinajstić information content (AvgIpc) is 2.48. The zero-order valence-electron chi connectivity index (χ0n) is 13.1. The second-order valence-corrected chi connectivity index (χ2v) is 5.65. The molecule has 0 saturated carbocycles. The summed E-state index contributed by atoms with van der Waals surface area (Å²) in [5, 5.41) is 48.2. The Balaban J connectivity index is 2.48. The molecule has 0 aromatic carbocycles. The van der Waals surface area contributed by atoms with Crippen molar-refractivity contribution >= 4 is 0 Å². The molecule has 7 nitrogen and oxygen atoms in total. The van der Waals surface area contributed by atoms with Crippen LogP contribution < -0.4 is 0 Å². The Hall–Kier alpha value is -0.540. The van der Waals surface area contributed by atoms with Crippen molar-refractivity contribution in [2.45, 2.75) is 76.0 Å². The van der Waals surface area contributed by atoms with E-state index in [1.807, 2.05) is 19.1 Å². The van der Waals surface area contributed by atoms with Gasteiger partial charge in [-0.15, -0.1) is 0 Å². The molecule has 5 N–H and O–H groups in total. The highest BCUT2D eigenvalue weighted by Crippen LogP contribution is 2.23. The predicted molar refractivity (Wildman–Crippen MR) is 79.0 cm³/mol. The molecule has 0 spiro atoms. The van der Waals surface area contributed by atoms with Crippen LogP contribution in [0.3, 0.4) is 0 Å². The van der Waals surface area contributed by atoms with E-state index in [0.29, 0.717) is 12.8 Å². The van der Waals surface area contributed by atoms with Crippen LogP contribution in [0.4, 0.5) is 0 Å². The molecule has 1 fully saturated rings. The van der Waals surface area contributed by atoms with Crippen molar-refractivity contribution in [2.24, 2.45) is 0 Å². The summed E-state index contributed by atoms with van der Waals surface area (Å²) in [5.74, 6) is 0. The lowest BCUT2D eigenvalue weighted by molar-refractivity contribution is -0.311. The lowest BCUT2D eigenvalue weighted by Gasteiger charge is -2.40. The summed E-state index contributed by atoms with van der Waals surface area (Å²) in [6, 6.07) is 0. The fraction of sp³-hybridized carbons (Fsp3) is 0.867. The Morgan fingerprint density at radius 1 is 1.14 bits per heavy atom. The Bertz CT molecular complexity index is 334. The van der Waals surface area contributed by atoms with Crippen molar-refractivity contribution in [3.05, 3.63) is 12.2 Å². The van der Waals surface area contributed by atoms with Crippen LogP contribution in [-0.2, 0) is 9.47 Å². The number of aliphatic hydroxyl groups is 5. The summed E-state index contributed by atoms with van der Waals surface area (Å²) in [6.45, 7) is 3.23. The SMILES string of the molecule is CC/C=C\C[C@H](O)C[C@H](C)O[C@@H]1O[C@H](CO)[C@@H](O)[C@H](O)[C@H]1O. The molecule has 7 heteroatoms. The van der Waals surface area contributed by atoms with Gasteiger partial charge in [0.15, 0.2) is 6.29 Å². The predicted octanol–water partition coefficient (Wildman–Crippen LogP) is -0.701. The third-order valence-electron chi connectivity index (χ3n) is 3.63. The van der Waals surface area contributed by atoms with Gasteiger partial charge in [-0.05, 0) is 26.2 Å². The fourth-order valence-corrected chi connectivity index (χ4v) is 2.36. The molecule has 0 aliphatic carbocycles. The second kappa shape index (κ2) is 9.57. The summed E-state index contributed by atoms with van der Waals surface area (Å²) in [7, 11) is 0. The van der Waals surface area contributed by atoms with Crippen molar-refractivity contribution < 1.29 is 35.0 Å². The third-order valence-corrected chi connectivity index (χ3v) is 3.63. The van der Waals surface area contributed by atoms with Crippen molar-refractivity contribution in [3.63, 3.8) is 0 Å². The highest BCUT2D eigenvalue weighted by atomic mass is 16.7. The van der Waals surface area contributed by atoms with E-state index in [0.717, 1.165) is 6.42 Å². The molecule has 0 aromatic rings. The van der Waals surface area contributed by atoms with Gasteiger partial charge in [0.1, 0.15) is 24.4 Å². The number of rotatable bonds is 8. The zero-order chi connectivity index (χ0) is 16.7. The van der Waals surface area contributed by atoms with Crippen LogP contribution >= 0.6 is 0 Å². The van der Waals surface area contributed by atoms with Crippen molar-refractivity contribution in [1.82, 2.24) is 0 Å². The molecular weight excluding hydrogens is 292 g/mol. The van der Waals surface area contributed by atoms with E-state index >= 15 is 0 Å². The van der Waals surface area contributed by atoms with E-state index in [9.17, 15) is 20.4 Å². The quantitative estimate of drug-likeness (QED) is 0.375. The topological polar surface area (TPSA) is 120 Å². The van der Waals surface area contributed by atoms with E-state index in [-0.39, 0.29) is 0 Å². The molecule has 130 valence electrons. The summed E-state index contributed by atoms with van der Waals surface area (Å²) in [4.78, 5) is 0. The van der Waals surface area contributed by atoms with Gasteiger partial charge in [0.05, 0.1) is 18.8 Å². The van der Waals surface area contributed by atoms with Gasteiger partial charge >= 0.3 is 0 Å². The van der Waals surface area contributed by atoms with Gasteiger partial charge in [-0.25, -0.2) is 0 Å². The van der Waals surface area contributed by atoms with Crippen LogP contribution in [0.5, 0.6) is 0 Å². The largest absolute Gasteiger partial charge is 0.394 e. The Morgan fingerprint density at radius 2 is 1.82 bits per heavy atom. The Kier molecular flexibility index (Phi) is 8.48. The van der Waals surface area contributed by atoms with Crippen LogP contribution in [0, 0.1) is 0 Å². The highest BCUT2D eigenvalue weighted by Gasteiger charge is 2.44. The normalized spacial score (nSPS) is 35.7. The van der Waals surface area contributed by atoms with Gasteiger partial charge in [-0.2, -0.15) is 0 Å². The lowest BCUT2D eigenvalue weighted by Crippen LogP contribution is -2.59. The van der Waals surface area contributed by atoms with Crippen molar-refractivity contribution in [3.8, 4) is 0 Å². The standard InChI is InChI=1S/C15H28O7/c1-3-4-5-6-10(17)7-9(2)21-15-14(20)13(19)12(18)11(8-16)22-15/h4-5,9-20H,3,6-8H2,1-2H3/b5-4-/t9-,10-,11+,12+,13-,14+,15+/m0/s1. The highest BCUT2D eigenvalue weighted by molar-refractivity contribution is 4.89. The molecular formula is C15H28O7. The zero-order valence-corrected chi connectivity index (χ0v) is 13.1. The monoisotopic (exact) mass is 320 g/mol. The summed E-state index contributed by atoms with van der Waals surface area (Å²) in [5.41, 5.74) is 0. The maximum Gasteiger partial charge on any atom is 0.186 e. The molecule has 1 aliphatic rings. The first-order chi connectivity index (χ1) is 10.4. The smallest absolute Gasteiger partial charge is 0.186 e. The van der Waals surface area contributed by atoms with E-state index in [1.54, 1.807) is 6.92 Å². The first kappa shape index (κ1) is 19.5. The number of aliphatic hydroxyl groups excluding tert-OH is 5. The van der Waals surface area contributed by atoms with E-state index in [4.69, 9.17) is 14.6 Å². The molecule has 0 unspecified atom stereocenters. The maximum atomic E-state index is 9.87. The minimum atomic E-state index is -1.46. The van der Waals surface area contributed by atoms with Gasteiger partial charge in [-0.3, -0.25) is 0 Å². The van der Waals surface area contributed by atoms with Gasteiger partial charge in [-0.1, -0.05) is 19.1 Å². The Morgan fingerprint density at radius 3 is 2.41 bits per heavy atom. The first-order valence-electron chi connectivity index (χ1n) is 7.69.